The summed E-state index contributed by atoms with van der Waals surface area (Å²) in [7, 11) is 0. The quantitative estimate of drug-likeness (QED) is 0.205. The Kier molecular flexibility index (Phi) is 8.05. The predicted molar refractivity (Wildman–Crippen MR) is 118 cm³/mol. The van der Waals surface area contributed by atoms with Gasteiger partial charge in [0.2, 0.25) is 0 Å². The van der Waals surface area contributed by atoms with E-state index in [0.717, 1.165) is 17.5 Å². The Hall–Kier alpha value is -1.93. The molecule has 3 unspecified atom stereocenters. The number of nitrogens with one attached hydrogen (secondary N) is 2. The summed E-state index contributed by atoms with van der Waals surface area (Å²) in [5.41, 5.74) is 7.92. The van der Waals surface area contributed by atoms with Crippen LogP contribution in [0.3, 0.4) is 0 Å². The zero-order chi connectivity index (χ0) is 22.5. The number of alkyl halides is 3. The van der Waals surface area contributed by atoms with Crippen molar-refractivity contribution >= 4 is 18.3 Å². The average molecular weight is 442 g/mol. The van der Waals surface area contributed by atoms with Crippen molar-refractivity contribution < 1.29 is 17.9 Å². The van der Waals surface area contributed by atoms with Crippen LogP contribution in [0.25, 0.3) is 0 Å². The molecule has 1 aromatic rings. The summed E-state index contributed by atoms with van der Waals surface area (Å²) < 4.78 is 45.6. The number of ether oxygens (including phenoxy) is 1. The highest BCUT2D eigenvalue weighted by Gasteiger charge is 2.41. The molecule has 3 atom stereocenters. The average Bonchev–Trinajstić information content (AvgIpc) is 2.60. The molecular formula is C22H30F3N3OS. The Labute approximate surface area is 181 Å². The number of nitrogens with two attached hydrogens (primary N) is 1. The van der Waals surface area contributed by atoms with Crippen LogP contribution < -0.4 is 11.1 Å². The van der Waals surface area contributed by atoms with Crippen molar-refractivity contribution in [1.29, 1.82) is 5.41 Å². The molecule has 1 aliphatic carbocycles. The molecule has 1 aliphatic rings. The van der Waals surface area contributed by atoms with Gasteiger partial charge in [0.05, 0.1) is 5.71 Å². The molecule has 8 heteroatoms. The van der Waals surface area contributed by atoms with E-state index in [1.807, 2.05) is 51.1 Å². The van der Waals surface area contributed by atoms with Gasteiger partial charge in [-0.25, -0.2) is 0 Å². The van der Waals surface area contributed by atoms with Crippen LogP contribution in [-0.4, -0.2) is 36.3 Å². The first kappa shape index (κ1) is 24.3. The third-order valence-electron chi connectivity index (χ3n) is 5.23. The third-order valence-corrected chi connectivity index (χ3v) is 5.62. The molecule has 1 aromatic carbocycles. The molecule has 0 heterocycles. The fraction of sp³-hybridized carbons (Fsp3) is 0.500. The number of hydrogen-bond donors (Lipinski definition) is 4. The number of rotatable bonds is 8. The summed E-state index contributed by atoms with van der Waals surface area (Å²) in [5, 5.41) is 10.9. The van der Waals surface area contributed by atoms with Gasteiger partial charge in [-0.05, 0) is 43.2 Å². The number of allylic oxidation sites excluding steroid dienone is 2. The molecule has 0 saturated carbocycles. The second kappa shape index (κ2) is 9.92. The van der Waals surface area contributed by atoms with Gasteiger partial charge in [-0.1, -0.05) is 37.3 Å². The molecule has 0 fully saturated rings. The second-order valence-electron chi connectivity index (χ2n) is 8.16. The SMILES string of the molecule is Cc1cccc(C)c1C(=N)/C=C(\N)OCC(NCC1(C)C=CCC(S)C1)C(F)(F)F. The second-order valence-corrected chi connectivity index (χ2v) is 8.89. The standard InChI is InChI=1S/C22H30F3N3OS/c1-14-6-4-7-15(2)20(14)17(26)10-19(27)29-12-18(22(23,24)25)28-13-21(3)9-5-8-16(30)11-21/h4-7,9-10,16,18,26,28,30H,8,11-13,27H2,1-3H3/b19-10+,26-17?. The minimum Gasteiger partial charge on any atom is -0.477 e. The molecule has 0 amide bonds. The molecule has 0 saturated heterocycles. The van der Waals surface area contributed by atoms with Gasteiger partial charge in [-0.3, -0.25) is 0 Å². The molecule has 0 spiro atoms. The minimum atomic E-state index is -4.49. The van der Waals surface area contributed by atoms with Gasteiger partial charge in [0.1, 0.15) is 12.6 Å². The number of thiol groups is 1. The third kappa shape index (κ3) is 6.80. The van der Waals surface area contributed by atoms with Crippen molar-refractivity contribution in [2.75, 3.05) is 13.2 Å². The fourth-order valence-corrected chi connectivity index (χ4v) is 4.17. The van der Waals surface area contributed by atoms with E-state index >= 15 is 0 Å². The van der Waals surface area contributed by atoms with E-state index in [0.29, 0.717) is 12.0 Å². The summed E-state index contributed by atoms with van der Waals surface area (Å²) >= 11 is 4.45. The number of benzene rings is 1. The Morgan fingerprint density at radius 2 is 2.03 bits per heavy atom. The fourth-order valence-electron chi connectivity index (χ4n) is 3.63. The maximum atomic E-state index is 13.5. The summed E-state index contributed by atoms with van der Waals surface area (Å²) in [5.74, 6) is -0.224. The normalized spacial score (nSPS) is 23.3. The van der Waals surface area contributed by atoms with Gasteiger partial charge in [0, 0.05) is 23.4 Å². The number of halogens is 3. The Morgan fingerprint density at radius 1 is 1.40 bits per heavy atom. The maximum Gasteiger partial charge on any atom is 0.407 e. The first-order chi connectivity index (χ1) is 13.9. The monoisotopic (exact) mass is 441 g/mol. The van der Waals surface area contributed by atoms with Crippen LogP contribution in [0.5, 0.6) is 0 Å². The van der Waals surface area contributed by atoms with Gasteiger partial charge in [0.15, 0.2) is 5.88 Å². The van der Waals surface area contributed by atoms with Gasteiger partial charge in [0.25, 0.3) is 0 Å². The highest BCUT2D eigenvalue weighted by molar-refractivity contribution is 7.80. The lowest BCUT2D eigenvalue weighted by molar-refractivity contribution is -0.166. The topological polar surface area (TPSA) is 71.1 Å². The van der Waals surface area contributed by atoms with Gasteiger partial charge in [-0.2, -0.15) is 25.8 Å². The Bertz CT molecular complexity index is 802. The molecule has 0 radical (unpaired) electrons. The molecule has 30 heavy (non-hydrogen) atoms. The predicted octanol–water partition coefficient (Wildman–Crippen LogP) is 4.66. The van der Waals surface area contributed by atoms with Crippen molar-refractivity contribution in [2.24, 2.45) is 11.1 Å². The largest absolute Gasteiger partial charge is 0.477 e. The van der Waals surface area contributed by atoms with E-state index in [2.05, 4.69) is 17.9 Å². The number of aryl methyl sites for hydroxylation is 2. The van der Waals surface area contributed by atoms with Crippen LogP contribution >= 0.6 is 12.6 Å². The molecule has 2 rings (SSSR count). The lowest BCUT2D eigenvalue weighted by Gasteiger charge is -2.34. The maximum absolute atomic E-state index is 13.5. The minimum absolute atomic E-state index is 0.0966. The van der Waals surface area contributed by atoms with E-state index in [1.54, 1.807) is 0 Å². The highest BCUT2D eigenvalue weighted by atomic mass is 32.1. The van der Waals surface area contributed by atoms with Gasteiger partial charge in [-0.15, -0.1) is 0 Å². The molecule has 0 aromatic heterocycles. The van der Waals surface area contributed by atoms with Crippen molar-refractivity contribution in [3.63, 3.8) is 0 Å². The summed E-state index contributed by atoms with van der Waals surface area (Å²) in [4.78, 5) is 0. The van der Waals surface area contributed by atoms with Crippen LogP contribution in [0.4, 0.5) is 13.2 Å². The zero-order valence-corrected chi connectivity index (χ0v) is 18.4. The lowest BCUT2D eigenvalue weighted by atomic mass is 9.80. The van der Waals surface area contributed by atoms with Gasteiger partial charge >= 0.3 is 6.18 Å². The van der Waals surface area contributed by atoms with Crippen molar-refractivity contribution in [3.8, 4) is 0 Å². The summed E-state index contributed by atoms with van der Waals surface area (Å²) in [6.07, 6.45) is 2.18. The summed E-state index contributed by atoms with van der Waals surface area (Å²) in [6.45, 7) is 5.11. The van der Waals surface area contributed by atoms with E-state index < -0.39 is 24.2 Å². The first-order valence-corrected chi connectivity index (χ1v) is 10.3. The molecule has 4 nitrogen and oxygen atoms in total. The van der Waals surface area contributed by atoms with Crippen LogP contribution in [-0.2, 0) is 4.74 Å². The zero-order valence-electron chi connectivity index (χ0n) is 17.5. The van der Waals surface area contributed by atoms with Crippen molar-refractivity contribution in [2.45, 2.75) is 51.1 Å². The molecule has 166 valence electrons. The van der Waals surface area contributed by atoms with Crippen molar-refractivity contribution in [1.82, 2.24) is 5.32 Å². The molecular weight excluding hydrogens is 411 g/mol. The lowest BCUT2D eigenvalue weighted by Crippen LogP contribution is -2.49. The molecule has 0 bridgehead atoms. The Balaban J connectivity index is 2.01. The van der Waals surface area contributed by atoms with Crippen molar-refractivity contribution in [3.05, 3.63) is 59.0 Å². The Morgan fingerprint density at radius 3 is 2.60 bits per heavy atom. The highest BCUT2D eigenvalue weighted by Crippen LogP contribution is 2.33. The van der Waals surface area contributed by atoms with Gasteiger partial charge < -0.3 is 21.2 Å². The van der Waals surface area contributed by atoms with E-state index in [4.69, 9.17) is 15.9 Å². The van der Waals surface area contributed by atoms with E-state index in [9.17, 15) is 13.2 Å². The number of hydrogen-bond acceptors (Lipinski definition) is 5. The van der Waals surface area contributed by atoms with E-state index in [1.165, 1.54) is 6.08 Å². The summed E-state index contributed by atoms with van der Waals surface area (Å²) in [6, 6.07) is 3.73. The van der Waals surface area contributed by atoms with E-state index in [-0.39, 0.29) is 23.4 Å². The molecule has 0 aliphatic heterocycles. The van der Waals surface area contributed by atoms with Crippen LogP contribution in [0.1, 0.15) is 36.5 Å². The van der Waals surface area contributed by atoms with Crippen LogP contribution in [0.2, 0.25) is 0 Å². The first-order valence-electron chi connectivity index (χ1n) is 9.82. The van der Waals surface area contributed by atoms with Crippen LogP contribution in [0, 0.1) is 24.7 Å². The smallest absolute Gasteiger partial charge is 0.407 e. The van der Waals surface area contributed by atoms with Crippen LogP contribution in [0.15, 0.2) is 42.3 Å². The molecule has 4 N–H and O–H groups in total.